The zero-order valence-electron chi connectivity index (χ0n) is 12.4. The van der Waals surface area contributed by atoms with Crippen LogP contribution >= 0.6 is 0 Å². The Hall–Kier alpha value is -0.820. The predicted molar refractivity (Wildman–Crippen MR) is 73.7 cm³/mol. The molecule has 0 aliphatic carbocycles. The molecule has 0 aromatic carbocycles. The SMILES string of the molecule is COCCOCC(CC=O)C(CC=O)COCCOC. The molecular formula is C14H26O6. The first kappa shape index (κ1) is 19.2. The van der Waals surface area contributed by atoms with Gasteiger partial charge in [0.05, 0.1) is 39.6 Å². The minimum atomic E-state index is -0.0166. The Labute approximate surface area is 120 Å². The Balaban J connectivity index is 4.19. The van der Waals surface area contributed by atoms with Gasteiger partial charge in [-0.3, -0.25) is 0 Å². The standard InChI is InChI=1S/C14H26O6/c1-17-7-9-19-11-13(3-5-15)14(4-6-16)12-20-10-8-18-2/h5-6,13-14H,3-4,7-12H2,1-2H3. The fraction of sp³-hybridized carbons (Fsp3) is 0.857. The second-order valence-corrected chi connectivity index (χ2v) is 4.46. The van der Waals surface area contributed by atoms with E-state index in [-0.39, 0.29) is 11.8 Å². The lowest BCUT2D eigenvalue weighted by Gasteiger charge is -2.24. The summed E-state index contributed by atoms with van der Waals surface area (Å²) in [4.78, 5) is 21.5. The summed E-state index contributed by atoms with van der Waals surface area (Å²) in [5, 5.41) is 0. The Morgan fingerprint density at radius 2 is 1.15 bits per heavy atom. The Bertz CT molecular complexity index is 210. The van der Waals surface area contributed by atoms with Crippen molar-refractivity contribution in [3.05, 3.63) is 0 Å². The molecule has 2 unspecified atom stereocenters. The summed E-state index contributed by atoms with van der Waals surface area (Å²) in [6.45, 7) is 2.82. The molecule has 20 heavy (non-hydrogen) atoms. The second kappa shape index (κ2) is 14.6. The van der Waals surface area contributed by atoms with Gasteiger partial charge in [-0.05, 0) is 11.8 Å². The first-order chi connectivity index (χ1) is 9.79. The Kier molecular flexibility index (Phi) is 14.0. The van der Waals surface area contributed by atoms with Crippen LogP contribution in [-0.2, 0) is 28.5 Å². The monoisotopic (exact) mass is 290 g/mol. The van der Waals surface area contributed by atoms with Gasteiger partial charge < -0.3 is 28.5 Å². The third kappa shape index (κ3) is 10.0. The van der Waals surface area contributed by atoms with Crippen LogP contribution in [0.5, 0.6) is 0 Å². The van der Waals surface area contributed by atoms with Gasteiger partial charge in [0.2, 0.25) is 0 Å². The lowest BCUT2D eigenvalue weighted by molar-refractivity contribution is -0.113. The van der Waals surface area contributed by atoms with Gasteiger partial charge in [-0.1, -0.05) is 0 Å². The van der Waals surface area contributed by atoms with E-state index in [4.69, 9.17) is 18.9 Å². The topological polar surface area (TPSA) is 71.1 Å². The fourth-order valence-electron chi connectivity index (χ4n) is 1.79. The molecule has 6 nitrogen and oxygen atoms in total. The van der Waals surface area contributed by atoms with Crippen molar-refractivity contribution < 1.29 is 28.5 Å². The van der Waals surface area contributed by atoms with Crippen molar-refractivity contribution in [1.29, 1.82) is 0 Å². The van der Waals surface area contributed by atoms with E-state index in [0.29, 0.717) is 52.5 Å². The van der Waals surface area contributed by atoms with E-state index >= 15 is 0 Å². The summed E-state index contributed by atoms with van der Waals surface area (Å²) in [5.41, 5.74) is 0. The molecule has 0 N–H and O–H groups in total. The molecule has 0 aromatic rings. The highest BCUT2D eigenvalue weighted by molar-refractivity contribution is 5.52. The zero-order chi connectivity index (χ0) is 15.1. The number of carbonyl (C=O) groups excluding carboxylic acids is 2. The van der Waals surface area contributed by atoms with Crippen LogP contribution in [0, 0.1) is 11.8 Å². The molecule has 0 saturated carbocycles. The minimum Gasteiger partial charge on any atom is -0.382 e. The quantitative estimate of drug-likeness (QED) is 0.327. The highest BCUT2D eigenvalue weighted by atomic mass is 16.5. The smallest absolute Gasteiger partial charge is 0.120 e. The van der Waals surface area contributed by atoms with Crippen molar-refractivity contribution in [3.63, 3.8) is 0 Å². The number of aldehydes is 2. The molecule has 0 rings (SSSR count). The number of hydrogen-bond acceptors (Lipinski definition) is 6. The highest BCUT2D eigenvalue weighted by Gasteiger charge is 2.21. The maximum Gasteiger partial charge on any atom is 0.120 e. The summed E-state index contributed by atoms with van der Waals surface area (Å²) in [7, 11) is 3.20. The van der Waals surface area contributed by atoms with Crippen LogP contribution in [-0.4, -0.2) is 66.4 Å². The van der Waals surface area contributed by atoms with Gasteiger partial charge in [0, 0.05) is 27.1 Å². The molecule has 0 heterocycles. The van der Waals surface area contributed by atoms with Crippen molar-refractivity contribution in [2.24, 2.45) is 11.8 Å². The third-order valence-corrected chi connectivity index (χ3v) is 2.99. The number of ether oxygens (including phenoxy) is 4. The van der Waals surface area contributed by atoms with Gasteiger partial charge >= 0.3 is 0 Å². The van der Waals surface area contributed by atoms with Crippen molar-refractivity contribution in [3.8, 4) is 0 Å². The average molecular weight is 290 g/mol. The molecule has 0 aliphatic heterocycles. The number of hydrogen-bond donors (Lipinski definition) is 0. The average Bonchev–Trinajstić information content (AvgIpc) is 2.46. The molecule has 0 bridgehead atoms. The first-order valence-electron chi connectivity index (χ1n) is 6.80. The normalized spacial score (nSPS) is 13.9. The molecule has 0 amide bonds. The maximum absolute atomic E-state index is 10.8. The Morgan fingerprint density at radius 1 is 0.750 bits per heavy atom. The maximum atomic E-state index is 10.8. The van der Waals surface area contributed by atoms with E-state index in [9.17, 15) is 9.59 Å². The summed E-state index contributed by atoms with van der Waals surface area (Å²) >= 11 is 0. The van der Waals surface area contributed by atoms with Crippen LogP contribution in [0.25, 0.3) is 0 Å². The van der Waals surface area contributed by atoms with E-state index in [1.165, 1.54) is 0 Å². The molecule has 0 aromatic heterocycles. The lowest BCUT2D eigenvalue weighted by atomic mass is 9.89. The van der Waals surface area contributed by atoms with Crippen molar-refractivity contribution >= 4 is 12.6 Å². The van der Waals surface area contributed by atoms with E-state index < -0.39 is 0 Å². The van der Waals surface area contributed by atoms with Crippen molar-refractivity contribution in [2.75, 3.05) is 53.9 Å². The van der Waals surface area contributed by atoms with Gasteiger partial charge in [-0.15, -0.1) is 0 Å². The lowest BCUT2D eigenvalue weighted by Crippen LogP contribution is -2.26. The zero-order valence-corrected chi connectivity index (χ0v) is 12.4. The van der Waals surface area contributed by atoms with Crippen LogP contribution in [0.2, 0.25) is 0 Å². The van der Waals surface area contributed by atoms with Crippen molar-refractivity contribution in [2.45, 2.75) is 12.8 Å². The van der Waals surface area contributed by atoms with Gasteiger partial charge in [-0.2, -0.15) is 0 Å². The predicted octanol–water partition coefficient (Wildman–Crippen LogP) is 0.723. The van der Waals surface area contributed by atoms with Gasteiger partial charge in [-0.25, -0.2) is 0 Å². The van der Waals surface area contributed by atoms with Gasteiger partial charge in [0.1, 0.15) is 12.6 Å². The molecular weight excluding hydrogens is 264 g/mol. The molecule has 0 saturated heterocycles. The van der Waals surface area contributed by atoms with E-state index in [1.54, 1.807) is 14.2 Å². The van der Waals surface area contributed by atoms with Crippen LogP contribution in [0.1, 0.15) is 12.8 Å². The van der Waals surface area contributed by atoms with Gasteiger partial charge in [0.25, 0.3) is 0 Å². The molecule has 2 atom stereocenters. The molecule has 0 aliphatic rings. The second-order valence-electron chi connectivity index (χ2n) is 4.46. The van der Waals surface area contributed by atoms with E-state index in [1.807, 2.05) is 0 Å². The summed E-state index contributed by atoms with van der Waals surface area (Å²) < 4.78 is 20.7. The minimum absolute atomic E-state index is 0.0166. The number of carbonyl (C=O) groups is 2. The van der Waals surface area contributed by atoms with Crippen LogP contribution in [0.15, 0.2) is 0 Å². The molecule has 6 heteroatoms. The first-order valence-corrected chi connectivity index (χ1v) is 6.80. The molecule has 0 radical (unpaired) electrons. The number of methoxy groups -OCH3 is 2. The van der Waals surface area contributed by atoms with E-state index in [0.717, 1.165) is 12.6 Å². The van der Waals surface area contributed by atoms with Gasteiger partial charge in [0.15, 0.2) is 0 Å². The number of rotatable bonds is 15. The fourth-order valence-corrected chi connectivity index (χ4v) is 1.79. The highest BCUT2D eigenvalue weighted by Crippen LogP contribution is 2.19. The Morgan fingerprint density at radius 3 is 1.45 bits per heavy atom. The summed E-state index contributed by atoms with van der Waals surface area (Å²) in [6.07, 6.45) is 2.44. The molecule has 0 spiro atoms. The van der Waals surface area contributed by atoms with E-state index in [2.05, 4.69) is 0 Å². The van der Waals surface area contributed by atoms with Crippen molar-refractivity contribution in [1.82, 2.24) is 0 Å². The summed E-state index contributed by atoms with van der Waals surface area (Å²) in [6, 6.07) is 0. The molecule has 0 fully saturated rings. The summed E-state index contributed by atoms with van der Waals surface area (Å²) in [5.74, 6) is -0.0331. The van der Waals surface area contributed by atoms with Crippen LogP contribution in [0.3, 0.4) is 0 Å². The van der Waals surface area contributed by atoms with Crippen LogP contribution < -0.4 is 0 Å². The van der Waals surface area contributed by atoms with Crippen LogP contribution in [0.4, 0.5) is 0 Å². The largest absolute Gasteiger partial charge is 0.382 e. The molecule has 118 valence electrons. The third-order valence-electron chi connectivity index (χ3n) is 2.99.